The minimum absolute atomic E-state index is 0.756. The molecule has 3 heteroatoms. The van der Waals surface area contributed by atoms with Gasteiger partial charge in [0.05, 0.1) is 0 Å². The van der Waals surface area contributed by atoms with Crippen molar-refractivity contribution in [3.05, 3.63) is 34.3 Å². The molecule has 0 saturated carbocycles. The Labute approximate surface area is 132 Å². The van der Waals surface area contributed by atoms with Crippen LogP contribution >= 0.6 is 15.9 Å². The van der Waals surface area contributed by atoms with Crippen LogP contribution in [0, 0.1) is 11.8 Å². The molecule has 2 nitrogen and oxygen atoms in total. The second kappa shape index (κ2) is 8.16. The molecule has 0 aromatic heterocycles. The van der Waals surface area contributed by atoms with Crippen LogP contribution < -0.4 is 5.32 Å². The number of halogens is 1. The molecule has 1 aromatic carbocycles. The van der Waals surface area contributed by atoms with Crippen LogP contribution in [0.3, 0.4) is 0 Å². The molecule has 2 rings (SSSR count). The molecule has 1 aliphatic heterocycles. The first kappa shape index (κ1) is 16.0. The lowest BCUT2D eigenvalue weighted by molar-refractivity contribution is 0.175. The summed E-state index contributed by atoms with van der Waals surface area (Å²) in [6, 6.07) is 8.68. The van der Waals surface area contributed by atoms with Crippen LogP contribution in [0.4, 0.5) is 0 Å². The van der Waals surface area contributed by atoms with Crippen LogP contribution in [0.25, 0.3) is 0 Å². The zero-order valence-corrected chi connectivity index (χ0v) is 14.3. The molecule has 112 valence electrons. The average Bonchev–Trinajstić information content (AvgIpc) is 2.40. The summed E-state index contributed by atoms with van der Waals surface area (Å²) in [6.07, 6.45) is 2.66. The van der Waals surface area contributed by atoms with Crippen molar-refractivity contribution in [2.24, 2.45) is 11.8 Å². The summed E-state index contributed by atoms with van der Waals surface area (Å²) in [5, 5.41) is 3.60. The standard InChI is InChI=1S/C17H27BrN2/c1-14(2)11-19-12-15-6-8-20(9-7-15)13-16-4-3-5-17(18)10-16/h3-5,10,14-15,19H,6-9,11-13H2,1-2H3. The van der Waals surface area contributed by atoms with Gasteiger partial charge in [-0.3, -0.25) is 4.90 Å². The third-order valence-electron chi connectivity index (χ3n) is 3.99. The topological polar surface area (TPSA) is 15.3 Å². The molecule has 1 aromatic rings. The maximum atomic E-state index is 3.60. The van der Waals surface area contributed by atoms with Crippen LogP contribution in [0.15, 0.2) is 28.7 Å². The fourth-order valence-electron chi connectivity index (χ4n) is 2.82. The highest BCUT2D eigenvalue weighted by molar-refractivity contribution is 9.10. The second-order valence-electron chi connectivity index (χ2n) is 6.40. The predicted molar refractivity (Wildman–Crippen MR) is 89.9 cm³/mol. The first-order valence-corrected chi connectivity index (χ1v) is 8.60. The second-order valence-corrected chi connectivity index (χ2v) is 7.32. The van der Waals surface area contributed by atoms with E-state index >= 15 is 0 Å². The number of likely N-dealkylation sites (tertiary alicyclic amines) is 1. The maximum Gasteiger partial charge on any atom is 0.0234 e. The van der Waals surface area contributed by atoms with E-state index in [4.69, 9.17) is 0 Å². The lowest BCUT2D eigenvalue weighted by Gasteiger charge is -2.32. The van der Waals surface area contributed by atoms with Crippen LogP contribution in [-0.4, -0.2) is 31.1 Å². The third kappa shape index (κ3) is 5.55. The summed E-state index contributed by atoms with van der Waals surface area (Å²) < 4.78 is 1.18. The number of piperidine rings is 1. The molecule has 0 unspecified atom stereocenters. The van der Waals surface area contributed by atoms with Crippen molar-refractivity contribution in [2.75, 3.05) is 26.2 Å². The lowest BCUT2D eigenvalue weighted by atomic mass is 9.96. The summed E-state index contributed by atoms with van der Waals surface area (Å²) in [7, 11) is 0. The van der Waals surface area contributed by atoms with Crippen molar-refractivity contribution in [3.63, 3.8) is 0 Å². The van der Waals surface area contributed by atoms with Gasteiger partial charge in [0.1, 0.15) is 0 Å². The Bertz CT molecular complexity index is 398. The normalized spacial score (nSPS) is 17.8. The molecule has 0 spiro atoms. The van der Waals surface area contributed by atoms with Gasteiger partial charge in [-0.1, -0.05) is 41.9 Å². The van der Waals surface area contributed by atoms with E-state index in [0.717, 1.165) is 24.9 Å². The summed E-state index contributed by atoms with van der Waals surface area (Å²) in [5.74, 6) is 1.62. The monoisotopic (exact) mass is 338 g/mol. The molecule has 0 aliphatic carbocycles. The molecular formula is C17H27BrN2. The first-order chi connectivity index (χ1) is 9.63. The van der Waals surface area contributed by atoms with Gasteiger partial charge in [-0.15, -0.1) is 0 Å². The average molecular weight is 339 g/mol. The van der Waals surface area contributed by atoms with E-state index < -0.39 is 0 Å². The van der Waals surface area contributed by atoms with Gasteiger partial charge in [0.25, 0.3) is 0 Å². The van der Waals surface area contributed by atoms with Crippen molar-refractivity contribution in [3.8, 4) is 0 Å². The highest BCUT2D eigenvalue weighted by Gasteiger charge is 2.18. The Morgan fingerprint density at radius 2 is 2.05 bits per heavy atom. The Hall–Kier alpha value is -0.380. The SMILES string of the molecule is CC(C)CNCC1CCN(Cc2cccc(Br)c2)CC1. The molecule has 20 heavy (non-hydrogen) atoms. The highest BCUT2D eigenvalue weighted by atomic mass is 79.9. The van der Waals surface area contributed by atoms with Gasteiger partial charge in [-0.05, 0) is 68.6 Å². The van der Waals surface area contributed by atoms with Crippen molar-refractivity contribution >= 4 is 15.9 Å². The molecule has 0 amide bonds. The smallest absolute Gasteiger partial charge is 0.0234 e. The van der Waals surface area contributed by atoms with Gasteiger partial charge < -0.3 is 5.32 Å². The van der Waals surface area contributed by atoms with E-state index in [0.29, 0.717) is 0 Å². The van der Waals surface area contributed by atoms with Crippen molar-refractivity contribution in [1.29, 1.82) is 0 Å². The van der Waals surface area contributed by atoms with E-state index in [1.807, 2.05) is 0 Å². The number of hydrogen-bond acceptors (Lipinski definition) is 2. The van der Waals surface area contributed by atoms with Crippen LogP contribution in [0.2, 0.25) is 0 Å². The van der Waals surface area contributed by atoms with Crippen molar-refractivity contribution in [1.82, 2.24) is 10.2 Å². The van der Waals surface area contributed by atoms with Crippen LogP contribution in [0.1, 0.15) is 32.3 Å². The largest absolute Gasteiger partial charge is 0.316 e. The minimum atomic E-state index is 0.756. The molecule has 1 fully saturated rings. The Morgan fingerprint density at radius 1 is 1.30 bits per heavy atom. The molecule has 1 heterocycles. The van der Waals surface area contributed by atoms with E-state index in [1.165, 1.54) is 42.5 Å². The number of nitrogens with one attached hydrogen (secondary N) is 1. The zero-order valence-electron chi connectivity index (χ0n) is 12.7. The van der Waals surface area contributed by atoms with E-state index in [2.05, 4.69) is 64.3 Å². The lowest BCUT2D eigenvalue weighted by Crippen LogP contribution is -2.37. The van der Waals surface area contributed by atoms with E-state index in [9.17, 15) is 0 Å². The molecule has 1 saturated heterocycles. The van der Waals surface area contributed by atoms with Gasteiger partial charge >= 0.3 is 0 Å². The molecular weight excluding hydrogens is 312 g/mol. The van der Waals surface area contributed by atoms with Gasteiger partial charge in [0.15, 0.2) is 0 Å². The van der Waals surface area contributed by atoms with Gasteiger partial charge in [-0.2, -0.15) is 0 Å². The van der Waals surface area contributed by atoms with Gasteiger partial charge in [0, 0.05) is 11.0 Å². The summed E-state index contributed by atoms with van der Waals surface area (Å²) in [6.45, 7) is 10.5. The first-order valence-electron chi connectivity index (χ1n) is 7.81. The molecule has 0 atom stereocenters. The summed E-state index contributed by atoms with van der Waals surface area (Å²) in [5.41, 5.74) is 1.41. The number of nitrogens with zero attached hydrogens (tertiary/aromatic N) is 1. The van der Waals surface area contributed by atoms with Crippen molar-refractivity contribution in [2.45, 2.75) is 33.2 Å². The van der Waals surface area contributed by atoms with Crippen molar-refractivity contribution < 1.29 is 0 Å². The molecule has 0 bridgehead atoms. The molecule has 0 radical (unpaired) electrons. The maximum absolute atomic E-state index is 3.60. The summed E-state index contributed by atoms with van der Waals surface area (Å²) in [4.78, 5) is 2.58. The Kier molecular flexibility index (Phi) is 6.53. The Morgan fingerprint density at radius 3 is 2.70 bits per heavy atom. The number of benzene rings is 1. The Balaban J connectivity index is 1.69. The number of hydrogen-bond donors (Lipinski definition) is 1. The predicted octanol–water partition coefficient (Wildman–Crippen LogP) is 3.91. The zero-order chi connectivity index (χ0) is 14.4. The third-order valence-corrected chi connectivity index (χ3v) is 4.48. The quantitative estimate of drug-likeness (QED) is 0.845. The minimum Gasteiger partial charge on any atom is -0.316 e. The van der Waals surface area contributed by atoms with E-state index in [-0.39, 0.29) is 0 Å². The van der Waals surface area contributed by atoms with Gasteiger partial charge in [0.2, 0.25) is 0 Å². The van der Waals surface area contributed by atoms with Gasteiger partial charge in [-0.25, -0.2) is 0 Å². The fraction of sp³-hybridized carbons (Fsp3) is 0.647. The molecule has 1 aliphatic rings. The molecule has 1 N–H and O–H groups in total. The summed E-state index contributed by atoms with van der Waals surface area (Å²) >= 11 is 3.55. The van der Waals surface area contributed by atoms with E-state index in [1.54, 1.807) is 0 Å². The van der Waals surface area contributed by atoms with Crippen LogP contribution in [-0.2, 0) is 6.54 Å². The fourth-order valence-corrected chi connectivity index (χ4v) is 3.26. The number of rotatable bonds is 6. The highest BCUT2D eigenvalue weighted by Crippen LogP contribution is 2.20. The van der Waals surface area contributed by atoms with Crippen LogP contribution in [0.5, 0.6) is 0 Å².